The predicted octanol–water partition coefficient (Wildman–Crippen LogP) is 1.82. The lowest BCUT2D eigenvalue weighted by atomic mass is 10.2. The zero-order chi connectivity index (χ0) is 12.7. The molecule has 0 amide bonds. The Labute approximate surface area is 109 Å². The molecule has 1 N–H and O–H groups in total. The highest BCUT2D eigenvalue weighted by atomic mass is 32.2. The number of hydrogen-bond donors (Lipinski definition) is 1. The Morgan fingerprint density at radius 3 is 2.82 bits per heavy atom. The van der Waals surface area contributed by atoms with Gasteiger partial charge in [-0.1, -0.05) is 20.8 Å². The lowest BCUT2D eigenvalue weighted by Gasteiger charge is -2.16. The van der Waals surface area contributed by atoms with Crippen LogP contribution in [-0.4, -0.2) is 39.4 Å². The number of thioether (sulfide) groups is 1. The van der Waals surface area contributed by atoms with Gasteiger partial charge in [-0.3, -0.25) is 0 Å². The third-order valence-corrected chi connectivity index (χ3v) is 3.64. The third kappa shape index (κ3) is 5.08. The van der Waals surface area contributed by atoms with Crippen molar-refractivity contribution in [3.05, 3.63) is 12.2 Å². The molecule has 0 aliphatic carbocycles. The molecule has 1 atom stereocenters. The Bertz CT molecular complexity index is 311. The van der Waals surface area contributed by atoms with Crippen LogP contribution in [0.3, 0.4) is 0 Å². The maximum absolute atomic E-state index is 4.37. The van der Waals surface area contributed by atoms with Crippen molar-refractivity contribution in [1.82, 2.24) is 20.1 Å². The van der Waals surface area contributed by atoms with E-state index >= 15 is 0 Å². The second-order valence-electron chi connectivity index (χ2n) is 4.60. The fourth-order valence-electron chi connectivity index (χ4n) is 1.67. The Balaban J connectivity index is 2.56. The van der Waals surface area contributed by atoms with Gasteiger partial charge in [0.15, 0.2) is 0 Å². The number of likely N-dealkylation sites (N-methyl/N-ethyl adjacent to an activating group) is 1. The lowest BCUT2D eigenvalue weighted by molar-refractivity contribution is 0.455. The molecule has 5 heteroatoms. The van der Waals surface area contributed by atoms with Gasteiger partial charge in [0.1, 0.15) is 12.2 Å². The van der Waals surface area contributed by atoms with Gasteiger partial charge in [0, 0.05) is 24.8 Å². The molecule has 0 aliphatic heterocycles. The quantitative estimate of drug-likeness (QED) is 0.770. The first-order valence-corrected chi connectivity index (χ1v) is 7.44. The van der Waals surface area contributed by atoms with Gasteiger partial charge >= 0.3 is 0 Å². The number of nitrogens with zero attached hydrogens (tertiary/aromatic N) is 3. The highest BCUT2D eigenvalue weighted by molar-refractivity contribution is 7.99. The topological polar surface area (TPSA) is 42.7 Å². The van der Waals surface area contributed by atoms with Gasteiger partial charge in [0.05, 0.1) is 0 Å². The Morgan fingerprint density at radius 1 is 1.47 bits per heavy atom. The van der Waals surface area contributed by atoms with Gasteiger partial charge < -0.3 is 5.32 Å². The monoisotopic (exact) mass is 256 g/mol. The summed E-state index contributed by atoms with van der Waals surface area (Å²) in [7, 11) is 2.02. The van der Waals surface area contributed by atoms with Crippen molar-refractivity contribution in [3.63, 3.8) is 0 Å². The van der Waals surface area contributed by atoms with E-state index in [-0.39, 0.29) is 0 Å². The molecule has 0 aromatic carbocycles. The van der Waals surface area contributed by atoms with E-state index in [2.05, 4.69) is 36.2 Å². The Kier molecular flexibility index (Phi) is 6.58. The fraction of sp³-hybridized carbons (Fsp3) is 0.833. The SMILES string of the molecule is CCSCC(Cc1ncnn1CC(C)C)NC. The normalized spacial score (nSPS) is 13.2. The van der Waals surface area contributed by atoms with Crippen LogP contribution in [0.15, 0.2) is 6.33 Å². The molecule has 1 rings (SSSR count). The van der Waals surface area contributed by atoms with E-state index in [0.717, 1.165) is 30.3 Å². The molecule has 1 aromatic heterocycles. The summed E-state index contributed by atoms with van der Waals surface area (Å²) < 4.78 is 2.03. The van der Waals surface area contributed by atoms with Crippen LogP contribution < -0.4 is 5.32 Å². The molecule has 0 saturated carbocycles. The van der Waals surface area contributed by atoms with Crippen LogP contribution in [0.5, 0.6) is 0 Å². The van der Waals surface area contributed by atoms with E-state index in [1.807, 2.05) is 23.5 Å². The van der Waals surface area contributed by atoms with Crippen LogP contribution in [0.4, 0.5) is 0 Å². The standard InChI is InChI=1S/C12H24N4S/c1-5-17-8-11(13-4)6-12-14-9-15-16(12)7-10(2)3/h9-11,13H,5-8H2,1-4H3. The van der Waals surface area contributed by atoms with Crippen LogP contribution in [0.2, 0.25) is 0 Å². The van der Waals surface area contributed by atoms with Crippen LogP contribution in [0.1, 0.15) is 26.6 Å². The van der Waals surface area contributed by atoms with Crippen LogP contribution in [-0.2, 0) is 13.0 Å². The summed E-state index contributed by atoms with van der Waals surface area (Å²) in [4.78, 5) is 4.37. The van der Waals surface area contributed by atoms with Crippen LogP contribution >= 0.6 is 11.8 Å². The van der Waals surface area contributed by atoms with Crippen molar-refractivity contribution in [2.24, 2.45) is 5.92 Å². The molecule has 4 nitrogen and oxygen atoms in total. The molecule has 0 spiro atoms. The summed E-state index contributed by atoms with van der Waals surface area (Å²) in [5.74, 6) is 3.99. The van der Waals surface area contributed by atoms with Crippen molar-refractivity contribution in [1.29, 1.82) is 0 Å². The van der Waals surface area contributed by atoms with Crippen molar-refractivity contribution in [2.75, 3.05) is 18.6 Å². The first kappa shape index (κ1) is 14.5. The van der Waals surface area contributed by atoms with E-state index < -0.39 is 0 Å². The maximum atomic E-state index is 4.37. The number of nitrogens with one attached hydrogen (secondary N) is 1. The molecular weight excluding hydrogens is 232 g/mol. The second kappa shape index (κ2) is 7.71. The Hall–Kier alpha value is -0.550. The molecule has 1 unspecified atom stereocenters. The molecule has 1 aromatic rings. The summed E-state index contributed by atoms with van der Waals surface area (Å²) >= 11 is 1.96. The minimum Gasteiger partial charge on any atom is -0.316 e. The third-order valence-electron chi connectivity index (χ3n) is 2.59. The van der Waals surface area contributed by atoms with Crippen molar-refractivity contribution in [3.8, 4) is 0 Å². The van der Waals surface area contributed by atoms with Gasteiger partial charge in [-0.05, 0) is 18.7 Å². The molecule has 0 radical (unpaired) electrons. The van der Waals surface area contributed by atoms with Crippen molar-refractivity contribution < 1.29 is 0 Å². The number of aromatic nitrogens is 3. The van der Waals surface area contributed by atoms with E-state index in [4.69, 9.17) is 0 Å². The maximum Gasteiger partial charge on any atom is 0.138 e. The molecule has 0 fully saturated rings. The van der Waals surface area contributed by atoms with Gasteiger partial charge in [-0.25, -0.2) is 9.67 Å². The van der Waals surface area contributed by atoms with Gasteiger partial charge in [0.2, 0.25) is 0 Å². The molecule has 0 aliphatic rings. The minimum absolute atomic E-state index is 0.482. The summed E-state index contributed by atoms with van der Waals surface area (Å²) in [5, 5.41) is 7.65. The van der Waals surface area contributed by atoms with E-state index in [1.54, 1.807) is 6.33 Å². The van der Waals surface area contributed by atoms with E-state index in [9.17, 15) is 0 Å². The zero-order valence-corrected chi connectivity index (χ0v) is 12.1. The molecule has 0 bridgehead atoms. The number of rotatable bonds is 8. The summed E-state index contributed by atoms with van der Waals surface area (Å²) in [6.07, 6.45) is 2.62. The summed E-state index contributed by atoms with van der Waals surface area (Å²) in [6.45, 7) is 7.55. The van der Waals surface area contributed by atoms with E-state index in [0.29, 0.717) is 12.0 Å². The van der Waals surface area contributed by atoms with Crippen molar-refractivity contribution in [2.45, 2.75) is 39.8 Å². The van der Waals surface area contributed by atoms with Crippen LogP contribution in [0.25, 0.3) is 0 Å². The Morgan fingerprint density at radius 2 is 2.24 bits per heavy atom. The second-order valence-corrected chi connectivity index (χ2v) is 5.92. The molecule has 0 saturated heterocycles. The largest absolute Gasteiger partial charge is 0.316 e. The first-order valence-electron chi connectivity index (χ1n) is 6.29. The van der Waals surface area contributed by atoms with Crippen molar-refractivity contribution >= 4 is 11.8 Å². The van der Waals surface area contributed by atoms with Gasteiger partial charge in [-0.2, -0.15) is 16.9 Å². The summed E-state index contributed by atoms with van der Waals surface area (Å²) in [5.41, 5.74) is 0. The van der Waals surface area contributed by atoms with E-state index in [1.165, 1.54) is 0 Å². The first-order chi connectivity index (χ1) is 8.17. The summed E-state index contributed by atoms with van der Waals surface area (Å²) in [6, 6.07) is 0.482. The molecule has 17 heavy (non-hydrogen) atoms. The average Bonchev–Trinajstić information content (AvgIpc) is 2.70. The molecule has 1 heterocycles. The number of hydrogen-bond acceptors (Lipinski definition) is 4. The van der Waals surface area contributed by atoms with Crippen LogP contribution in [0, 0.1) is 5.92 Å². The zero-order valence-electron chi connectivity index (χ0n) is 11.3. The average molecular weight is 256 g/mol. The lowest BCUT2D eigenvalue weighted by Crippen LogP contribution is -2.31. The predicted molar refractivity (Wildman–Crippen MR) is 74.4 cm³/mol. The minimum atomic E-state index is 0.482. The molecule has 98 valence electrons. The highest BCUT2D eigenvalue weighted by Gasteiger charge is 2.12. The van der Waals surface area contributed by atoms with Gasteiger partial charge in [0.25, 0.3) is 0 Å². The molecular formula is C12H24N4S. The fourth-order valence-corrected chi connectivity index (χ4v) is 2.47. The smallest absolute Gasteiger partial charge is 0.138 e. The highest BCUT2D eigenvalue weighted by Crippen LogP contribution is 2.08. The van der Waals surface area contributed by atoms with Gasteiger partial charge in [-0.15, -0.1) is 0 Å².